The molecule has 0 saturated carbocycles. The van der Waals surface area contributed by atoms with E-state index in [1.807, 2.05) is 0 Å². The Balaban J connectivity index is 2.48. The van der Waals surface area contributed by atoms with Crippen LogP contribution in [0.5, 0.6) is 0 Å². The molecule has 108 valence electrons. The van der Waals surface area contributed by atoms with Crippen molar-refractivity contribution in [2.45, 2.75) is 25.8 Å². The fraction of sp³-hybridized carbons (Fsp3) is 0.385. The minimum atomic E-state index is -0.976. The van der Waals surface area contributed by atoms with Gasteiger partial charge < -0.3 is 10.2 Å². The van der Waals surface area contributed by atoms with Crippen molar-refractivity contribution in [3.05, 3.63) is 26.7 Å². The van der Waals surface area contributed by atoms with Gasteiger partial charge in [-0.3, -0.25) is 9.59 Å². The second-order valence-corrected chi connectivity index (χ2v) is 6.68. The molecule has 1 aliphatic heterocycles. The number of hydrogen-bond acceptors (Lipinski definition) is 2. The monoisotopic (exact) mass is 378 g/mol. The van der Waals surface area contributed by atoms with E-state index in [9.17, 15) is 9.59 Å². The first-order valence-electron chi connectivity index (χ1n) is 6.00. The first-order valence-corrected chi connectivity index (χ1v) is 7.55. The molecule has 2 amide bonds. The predicted octanol–water partition coefficient (Wildman–Crippen LogP) is 3.39. The van der Waals surface area contributed by atoms with Gasteiger partial charge in [-0.25, -0.2) is 0 Å². The van der Waals surface area contributed by atoms with Crippen molar-refractivity contribution in [1.29, 1.82) is 0 Å². The molecule has 1 aromatic carbocycles. The quantitative estimate of drug-likeness (QED) is 0.760. The number of carbonyl (C=O) groups is 2. The molecular weight excluding hydrogens is 367 g/mol. The average Bonchev–Trinajstić information content (AvgIpc) is 2.46. The van der Waals surface area contributed by atoms with E-state index in [4.69, 9.17) is 23.2 Å². The molecule has 1 fully saturated rings. The highest BCUT2D eigenvalue weighted by atomic mass is 79.9. The van der Waals surface area contributed by atoms with Crippen LogP contribution in [-0.2, 0) is 9.59 Å². The molecule has 2 rings (SSSR count). The lowest BCUT2D eigenvalue weighted by Gasteiger charge is -2.29. The third-order valence-electron chi connectivity index (χ3n) is 3.10. The van der Waals surface area contributed by atoms with E-state index in [0.29, 0.717) is 20.2 Å². The second kappa shape index (κ2) is 5.54. The lowest BCUT2D eigenvalue weighted by Crippen LogP contribution is -2.53. The molecule has 0 bridgehead atoms. The Kier molecular flexibility index (Phi) is 4.33. The van der Waals surface area contributed by atoms with Crippen molar-refractivity contribution in [2.24, 2.45) is 0 Å². The summed E-state index contributed by atoms with van der Waals surface area (Å²) in [4.78, 5) is 25.7. The number of carbonyl (C=O) groups excluding carboxylic acids is 2. The highest BCUT2D eigenvalue weighted by Gasteiger charge is 2.38. The van der Waals surface area contributed by atoms with Crippen LogP contribution in [0.1, 0.15) is 20.3 Å². The molecule has 1 aliphatic rings. The lowest BCUT2D eigenvalue weighted by atomic mass is 10.0. The normalized spacial score (nSPS) is 18.8. The minimum absolute atomic E-state index is 0.162. The molecule has 1 heterocycles. The number of halogens is 3. The van der Waals surface area contributed by atoms with Crippen LogP contribution in [0.3, 0.4) is 0 Å². The second-order valence-electron chi connectivity index (χ2n) is 5.07. The molecule has 20 heavy (non-hydrogen) atoms. The Morgan fingerprint density at radius 1 is 1.25 bits per heavy atom. The Labute approximate surface area is 135 Å². The number of rotatable bonds is 1. The Bertz CT molecular complexity index is 590. The first-order chi connectivity index (χ1) is 9.24. The molecule has 1 N–H and O–H groups in total. The first kappa shape index (κ1) is 15.6. The molecule has 1 saturated heterocycles. The van der Waals surface area contributed by atoms with Crippen LogP contribution in [0.15, 0.2) is 16.6 Å². The summed E-state index contributed by atoms with van der Waals surface area (Å²) in [6.07, 6.45) is 0.221. The highest BCUT2D eigenvalue weighted by molar-refractivity contribution is 9.10. The maximum atomic E-state index is 12.6. The molecule has 0 aromatic heterocycles. The molecule has 0 unspecified atom stereocenters. The van der Waals surface area contributed by atoms with Gasteiger partial charge in [0.2, 0.25) is 5.91 Å². The van der Waals surface area contributed by atoms with Gasteiger partial charge in [-0.15, -0.1) is 0 Å². The number of anilines is 1. The zero-order valence-electron chi connectivity index (χ0n) is 11.0. The van der Waals surface area contributed by atoms with Crippen molar-refractivity contribution < 1.29 is 9.59 Å². The average molecular weight is 380 g/mol. The number of nitrogens with zero attached hydrogens (tertiary/aromatic N) is 1. The van der Waals surface area contributed by atoms with E-state index < -0.39 is 5.54 Å². The minimum Gasteiger partial charge on any atom is -0.342 e. The molecule has 7 heteroatoms. The van der Waals surface area contributed by atoms with E-state index in [1.165, 1.54) is 4.90 Å². The van der Waals surface area contributed by atoms with Crippen LogP contribution in [0, 0.1) is 0 Å². The van der Waals surface area contributed by atoms with Gasteiger partial charge in [-0.05, 0) is 41.9 Å². The fourth-order valence-electron chi connectivity index (χ4n) is 2.07. The van der Waals surface area contributed by atoms with E-state index in [-0.39, 0.29) is 24.8 Å². The molecule has 0 spiro atoms. The van der Waals surface area contributed by atoms with Crippen molar-refractivity contribution >= 4 is 56.6 Å². The van der Waals surface area contributed by atoms with Crippen molar-refractivity contribution in [3.63, 3.8) is 0 Å². The Morgan fingerprint density at radius 2 is 1.90 bits per heavy atom. The van der Waals surface area contributed by atoms with Crippen LogP contribution in [0.2, 0.25) is 10.0 Å². The number of hydrogen-bond donors (Lipinski definition) is 1. The largest absolute Gasteiger partial charge is 0.342 e. The van der Waals surface area contributed by atoms with E-state index in [0.717, 1.165) is 0 Å². The third kappa shape index (κ3) is 2.80. The van der Waals surface area contributed by atoms with Gasteiger partial charge in [-0.1, -0.05) is 23.2 Å². The number of amides is 2. The third-order valence-corrected chi connectivity index (χ3v) is 4.86. The summed E-state index contributed by atoms with van der Waals surface area (Å²) in [7, 11) is 0. The summed E-state index contributed by atoms with van der Waals surface area (Å²) >= 11 is 15.6. The van der Waals surface area contributed by atoms with Gasteiger partial charge >= 0.3 is 0 Å². The van der Waals surface area contributed by atoms with Crippen molar-refractivity contribution in [2.75, 3.05) is 11.4 Å². The molecule has 0 atom stereocenters. The van der Waals surface area contributed by atoms with E-state index in [2.05, 4.69) is 21.2 Å². The van der Waals surface area contributed by atoms with Crippen LogP contribution >= 0.6 is 39.1 Å². The molecule has 0 radical (unpaired) electrons. The van der Waals surface area contributed by atoms with Gasteiger partial charge in [0.1, 0.15) is 5.54 Å². The smallest absolute Gasteiger partial charge is 0.252 e. The Hall–Kier alpha value is -0.780. The van der Waals surface area contributed by atoms with Crippen LogP contribution < -0.4 is 10.2 Å². The zero-order valence-corrected chi connectivity index (χ0v) is 14.1. The van der Waals surface area contributed by atoms with Gasteiger partial charge in [0.15, 0.2) is 0 Å². The zero-order chi connectivity index (χ0) is 15.1. The van der Waals surface area contributed by atoms with Gasteiger partial charge in [0.25, 0.3) is 5.91 Å². The molecular formula is C13H13BrCl2N2O2. The fourth-order valence-corrected chi connectivity index (χ4v) is 2.94. The maximum absolute atomic E-state index is 12.6. The highest BCUT2D eigenvalue weighted by Crippen LogP contribution is 2.38. The number of benzene rings is 1. The van der Waals surface area contributed by atoms with E-state index in [1.54, 1.807) is 26.0 Å². The van der Waals surface area contributed by atoms with Crippen LogP contribution in [-0.4, -0.2) is 23.9 Å². The van der Waals surface area contributed by atoms with Gasteiger partial charge in [0, 0.05) is 17.4 Å². The molecule has 4 nitrogen and oxygen atoms in total. The lowest BCUT2D eigenvalue weighted by molar-refractivity contribution is -0.128. The van der Waals surface area contributed by atoms with Gasteiger partial charge in [-0.2, -0.15) is 0 Å². The maximum Gasteiger partial charge on any atom is 0.252 e. The molecule has 0 aliphatic carbocycles. The standard InChI is InChI=1S/C13H13BrCl2N2O2/c1-13(2)12(20)18(6-5-9(19)17-13)8-4-3-7(14)10(15)11(8)16/h3-4H,5-6H2,1-2H3,(H,17,19). The van der Waals surface area contributed by atoms with E-state index >= 15 is 0 Å². The van der Waals surface area contributed by atoms with Crippen molar-refractivity contribution in [3.8, 4) is 0 Å². The number of nitrogens with one attached hydrogen (secondary N) is 1. The summed E-state index contributed by atoms with van der Waals surface area (Å²) in [5.74, 6) is -0.381. The summed E-state index contributed by atoms with van der Waals surface area (Å²) in [6.45, 7) is 3.60. The van der Waals surface area contributed by atoms with Crippen LogP contribution in [0.25, 0.3) is 0 Å². The SMILES string of the molecule is CC1(C)NC(=O)CCN(c2ccc(Br)c(Cl)c2Cl)C1=O. The summed E-state index contributed by atoms with van der Waals surface area (Å²) in [6, 6.07) is 3.44. The summed E-state index contributed by atoms with van der Waals surface area (Å²) in [5.41, 5.74) is -0.467. The Morgan fingerprint density at radius 3 is 2.55 bits per heavy atom. The topological polar surface area (TPSA) is 49.4 Å². The van der Waals surface area contributed by atoms with Crippen molar-refractivity contribution in [1.82, 2.24) is 5.32 Å². The van der Waals surface area contributed by atoms with Gasteiger partial charge in [0.05, 0.1) is 15.7 Å². The summed E-state index contributed by atoms with van der Waals surface area (Å²) < 4.78 is 0.656. The van der Waals surface area contributed by atoms with Crippen LogP contribution in [0.4, 0.5) is 5.69 Å². The molecule has 1 aromatic rings. The summed E-state index contributed by atoms with van der Waals surface area (Å²) in [5, 5.41) is 3.33. The predicted molar refractivity (Wildman–Crippen MR) is 83.4 cm³/mol.